The molecule has 0 spiro atoms. The summed E-state index contributed by atoms with van der Waals surface area (Å²) < 4.78 is 15.4. The van der Waals surface area contributed by atoms with Gasteiger partial charge in [-0.05, 0) is 26.0 Å². The third-order valence-corrected chi connectivity index (χ3v) is 3.01. The topological polar surface area (TPSA) is 62.5 Å². The van der Waals surface area contributed by atoms with E-state index in [1.54, 1.807) is 18.4 Å². The molecule has 20 heavy (non-hydrogen) atoms. The highest BCUT2D eigenvalue weighted by molar-refractivity contribution is 6.04. The molecule has 0 fully saturated rings. The van der Waals surface area contributed by atoms with E-state index in [1.165, 1.54) is 24.4 Å². The van der Waals surface area contributed by atoms with Crippen LogP contribution in [0.25, 0.3) is 17.0 Å². The van der Waals surface area contributed by atoms with Gasteiger partial charge in [0.25, 0.3) is 0 Å². The molecule has 1 aromatic carbocycles. The molecule has 0 amide bonds. The van der Waals surface area contributed by atoms with E-state index < -0.39 is 17.4 Å². The van der Waals surface area contributed by atoms with Gasteiger partial charge in [0, 0.05) is 17.1 Å². The zero-order valence-electron chi connectivity index (χ0n) is 11.4. The molecule has 0 aliphatic heterocycles. The maximum absolute atomic E-state index is 13.8. The maximum Gasteiger partial charge on any atom is 0.337 e. The summed E-state index contributed by atoms with van der Waals surface area (Å²) in [5.74, 6) is -1.56. The number of aromatic nitrogens is 1. The Morgan fingerprint density at radius 1 is 1.50 bits per heavy atom. The van der Waals surface area contributed by atoms with Crippen LogP contribution >= 0.6 is 0 Å². The van der Waals surface area contributed by atoms with Crippen molar-refractivity contribution in [2.45, 2.75) is 26.0 Å². The lowest BCUT2D eigenvalue weighted by Crippen LogP contribution is -2.25. The molecule has 0 radical (unpaired) electrons. The number of hydrogen-bond acceptors (Lipinski definition) is 2. The van der Waals surface area contributed by atoms with Crippen LogP contribution in [0.2, 0.25) is 0 Å². The van der Waals surface area contributed by atoms with Crippen molar-refractivity contribution < 1.29 is 19.4 Å². The molecule has 2 rings (SSSR count). The Morgan fingerprint density at radius 3 is 2.65 bits per heavy atom. The summed E-state index contributed by atoms with van der Waals surface area (Å²) >= 11 is 0. The number of aliphatic hydroxyl groups is 1. The highest BCUT2D eigenvalue weighted by Gasteiger charge is 2.20. The van der Waals surface area contributed by atoms with Crippen LogP contribution in [0.4, 0.5) is 4.39 Å². The van der Waals surface area contributed by atoms with E-state index in [1.807, 2.05) is 0 Å². The number of nitrogens with zero attached hydrogens (tertiary/aromatic N) is 1. The van der Waals surface area contributed by atoms with Crippen LogP contribution in [0.15, 0.2) is 24.9 Å². The predicted octanol–water partition coefficient (Wildman–Crippen LogP) is 2.89. The van der Waals surface area contributed by atoms with Gasteiger partial charge in [-0.25, -0.2) is 9.18 Å². The van der Waals surface area contributed by atoms with Crippen LogP contribution in [-0.2, 0) is 6.54 Å². The van der Waals surface area contributed by atoms with E-state index in [0.29, 0.717) is 10.9 Å². The summed E-state index contributed by atoms with van der Waals surface area (Å²) in [4.78, 5) is 11.3. The Morgan fingerprint density at radius 2 is 2.15 bits per heavy atom. The zero-order valence-corrected chi connectivity index (χ0v) is 11.4. The van der Waals surface area contributed by atoms with Gasteiger partial charge in [0.05, 0.1) is 23.2 Å². The molecule has 1 aromatic heterocycles. The third-order valence-electron chi connectivity index (χ3n) is 3.01. The van der Waals surface area contributed by atoms with Crippen molar-refractivity contribution in [2.24, 2.45) is 0 Å². The molecule has 106 valence electrons. The van der Waals surface area contributed by atoms with Gasteiger partial charge in [-0.1, -0.05) is 12.7 Å². The Balaban J connectivity index is 2.74. The van der Waals surface area contributed by atoms with Crippen molar-refractivity contribution in [1.29, 1.82) is 0 Å². The van der Waals surface area contributed by atoms with E-state index in [9.17, 15) is 19.4 Å². The fraction of sp³-hybridized carbons (Fsp3) is 0.267. The highest BCUT2D eigenvalue weighted by atomic mass is 19.1. The fourth-order valence-corrected chi connectivity index (χ4v) is 2.20. The normalized spacial score (nSPS) is 11.8. The molecule has 0 unspecified atom stereocenters. The van der Waals surface area contributed by atoms with E-state index in [4.69, 9.17) is 0 Å². The second-order valence-electron chi connectivity index (χ2n) is 5.38. The average Bonchev–Trinajstić information content (AvgIpc) is 2.64. The summed E-state index contributed by atoms with van der Waals surface area (Å²) in [6.45, 7) is 6.89. The fourth-order valence-electron chi connectivity index (χ4n) is 2.20. The summed E-state index contributed by atoms with van der Waals surface area (Å²) in [7, 11) is 0. The summed E-state index contributed by atoms with van der Waals surface area (Å²) in [6, 6.07) is 2.73. The number of carboxylic acid groups (broad SMARTS) is 1. The molecule has 5 heteroatoms. The van der Waals surface area contributed by atoms with Gasteiger partial charge < -0.3 is 14.8 Å². The monoisotopic (exact) mass is 277 g/mol. The minimum atomic E-state index is -1.09. The van der Waals surface area contributed by atoms with Crippen LogP contribution in [0, 0.1) is 5.82 Å². The molecule has 2 N–H and O–H groups in total. The highest BCUT2D eigenvalue weighted by Crippen LogP contribution is 2.27. The SMILES string of the molecule is C=Cc1cc2c(C(=O)O)cn(CC(C)(C)O)c2cc1F. The predicted molar refractivity (Wildman–Crippen MR) is 75.2 cm³/mol. The van der Waals surface area contributed by atoms with Crippen molar-refractivity contribution in [3.8, 4) is 0 Å². The molecule has 0 aliphatic rings. The molecule has 4 nitrogen and oxygen atoms in total. The first-order valence-electron chi connectivity index (χ1n) is 6.13. The minimum Gasteiger partial charge on any atom is -0.478 e. The van der Waals surface area contributed by atoms with Crippen LogP contribution in [0.3, 0.4) is 0 Å². The number of hydrogen-bond donors (Lipinski definition) is 2. The Bertz CT molecular complexity index is 695. The number of aromatic carboxylic acids is 1. The van der Waals surface area contributed by atoms with Crippen LogP contribution in [-0.4, -0.2) is 26.4 Å². The van der Waals surface area contributed by atoms with Crippen LogP contribution < -0.4 is 0 Å². The van der Waals surface area contributed by atoms with Crippen molar-refractivity contribution in [2.75, 3.05) is 0 Å². The number of benzene rings is 1. The number of carboxylic acids is 1. The smallest absolute Gasteiger partial charge is 0.337 e. The summed E-state index contributed by atoms with van der Waals surface area (Å²) in [5.41, 5.74) is -0.268. The lowest BCUT2D eigenvalue weighted by Gasteiger charge is -2.18. The Hall–Kier alpha value is -2.14. The molecule has 2 aromatic rings. The van der Waals surface area contributed by atoms with E-state index in [0.717, 1.165) is 0 Å². The van der Waals surface area contributed by atoms with E-state index in [-0.39, 0.29) is 17.7 Å². The van der Waals surface area contributed by atoms with Crippen molar-refractivity contribution in [3.05, 3.63) is 41.9 Å². The number of halogens is 1. The van der Waals surface area contributed by atoms with Gasteiger partial charge in [0.2, 0.25) is 0 Å². The molecule has 0 aliphatic carbocycles. The standard InChI is InChI=1S/C15H16FNO3/c1-4-9-5-10-11(14(18)19)7-17(8-15(2,3)20)13(10)6-12(9)16/h4-7,20H,1,8H2,2-3H3,(H,18,19). The Labute approximate surface area is 115 Å². The number of fused-ring (bicyclic) bond motifs is 1. The van der Waals surface area contributed by atoms with Crippen molar-refractivity contribution >= 4 is 22.9 Å². The van der Waals surface area contributed by atoms with Crippen LogP contribution in [0.5, 0.6) is 0 Å². The van der Waals surface area contributed by atoms with Gasteiger partial charge in [-0.3, -0.25) is 0 Å². The minimum absolute atomic E-state index is 0.0763. The molecule has 0 saturated heterocycles. The molecular formula is C15H16FNO3. The van der Waals surface area contributed by atoms with Gasteiger partial charge in [-0.2, -0.15) is 0 Å². The average molecular weight is 277 g/mol. The van der Waals surface area contributed by atoms with Crippen LogP contribution in [0.1, 0.15) is 29.8 Å². The Kier molecular flexibility index (Phi) is 3.39. The molecular weight excluding hydrogens is 261 g/mol. The largest absolute Gasteiger partial charge is 0.478 e. The third kappa shape index (κ3) is 2.58. The summed E-state index contributed by atoms with van der Waals surface area (Å²) in [6.07, 6.45) is 2.75. The van der Waals surface area contributed by atoms with Gasteiger partial charge >= 0.3 is 5.97 Å². The summed E-state index contributed by atoms with van der Waals surface area (Å²) in [5, 5.41) is 19.5. The molecule has 0 saturated carbocycles. The van der Waals surface area contributed by atoms with Gasteiger partial charge in [0.1, 0.15) is 5.82 Å². The lowest BCUT2D eigenvalue weighted by atomic mass is 10.1. The quantitative estimate of drug-likeness (QED) is 0.903. The molecule has 0 bridgehead atoms. The number of rotatable bonds is 4. The van der Waals surface area contributed by atoms with E-state index >= 15 is 0 Å². The van der Waals surface area contributed by atoms with Crippen molar-refractivity contribution in [1.82, 2.24) is 4.57 Å². The first-order chi connectivity index (χ1) is 9.23. The first kappa shape index (κ1) is 14.3. The van der Waals surface area contributed by atoms with E-state index in [2.05, 4.69) is 6.58 Å². The second kappa shape index (κ2) is 4.76. The second-order valence-corrected chi connectivity index (χ2v) is 5.38. The van der Waals surface area contributed by atoms with Gasteiger partial charge in [-0.15, -0.1) is 0 Å². The zero-order chi connectivity index (χ0) is 15.1. The van der Waals surface area contributed by atoms with Crippen molar-refractivity contribution in [3.63, 3.8) is 0 Å². The number of carbonyl (C=O) groups is 1. The lowest BCUT2D eigenvalue weighted by molar-refractivity contribution is 0.0619. The first-order valence-corrected chi connectivity index (χ1v) is 6.13. The molecule has 0 atom stereocenters. The van der Waals surface area contributed by atoms with Gasteiger partial charge in [0.15, 0.2) is 0 Å². The molecule has 1 heterocycles. The maximum atomic E-state index is 13.8.